The number of amides is 1. The van der Waals surface area contributed by atoms with E-state index in [2.05, 4.69) is 29.2 Å². The van der Waals surface area contributed by atoms with Crippen molar-refractivity contribution >= 4 is 28.7 Å². The summed E-state index contributed by atoms with van der Waals surface area (Å²) in [4.78, 5) is 29.9. The fraction of sp³-hybridized carbons (Fsp3) is 0.303. The van der Waals surface area contributed by atoms with Gasteiger partial charge >= 0.3 is 12.1 Å². The van der Waals surface area contributed by atoms with Gasteiger partial charge in [0.2, 0.25) is 0 Å². The van der Waals surface area contributed by atoms with Crippen LogP contribution in [0.25, 0.3) is 21.9 Å². The molecule has 1 aliphatic carbocycles. The molecule has 0 radical (unpaired) electrons. The molecule has 210 valence electrons. The molecule has 1 fully saturated rings. The van der Waals surface area contributed by atoms with Crippen molar-refractivity contribution in [3.05, 3.63) is 89.1 Å². The summed E-state index contributed by atoms with van der Waals surface area (Å²) in [5, 5.41) is 11.5. The number of nitrogens with zero attached hydrogens (tertiary/aromatic N) is 2. The lowest BCUT2D eigenvalue weighted by Gasteiger charge is -2.39. The number of pyridine rings is 1. The van der Waals surface area contributed by atoms with E-state index in [0.717, 1.165) is 52.3 Å². The van der Waals surface area contributed by atoms with Gasteiger partial charge in [0.05, 0.1) is 13.5 Å². The van der Waals surface area contributed by atoms with Crippen molar-refractivity contribution in [3.63, 3.8) is 0 Å². The first-order valence-corrected chi connectivity index (χ1v) is 13.9. The summed E-state index contributed by atoms with van der Waals surface area (Å²) < 4.78 is 11.7. The Morgan fingerprint density at radius 3 is 2.61 bits per heavy atom. The van der Waals surface area contributed by atoms with Crippen molar-refractivity contribution in [2.24, 2.45) is 0 Å². The molecule has 1 spiro atoms. The summed E-state index contributed by atoms with van der Waals surface area (Å²) in [7, 11) is 1.41. The number of carboxylic acid groups (broad SMARTS) is 1. The van der Waals surface area contributed by atoms with Crippen LogP contribution in [0.1, 0.15) is 47.6 Å². The second-order valence-electron chi connectivity index (χ2n) is 11.1. The number of fused-ring (bicyclic) bond motifs is 3. The fourth-order valence-electron chi connectivity index (χ4n) is 6.68. The first-order valence-electron chi connectivity index (χ1n) is 13.9. The molecule has 1 amide bonds. The number of nitrogen functional groups attached to an aromatic ring is 1. The Labute approximate surface area is 238 Å². The minimum atomic E-state index is -0.894. The molecule has 2 heterocycles. The van der Waals surface area contributed by atoms with Crippen LogP contribution in [0.15, 0.2) is 66.9 Å². The molecule has 1 aromatic heterocycles. The number of carbonyl (C=O) groups is 2. The Kier molecular flexibility index (Phi) is 6.77. The van der Waals surface area contributed by atoms with E-state index in [-0.39, 0.29) is 24.0 Å². The highest BCUT2D eigenvalue weighted by Crippen LogP contribution is 2.53. The van der Waals surface area contributed by atoms with Gasteiger partial charge in [0.25, 0.3) is 0 Å². The number of aromatic nitrogens is 1. The highest BCUT2D eigenvalue weighted by Gasteiger charge is 2.47. The van der Waals surface area contributed by atoms with Crippen LogP contribution in [0.2, 0.25) is 0 Å². The topological polar surface area (TPSA) is 115 Å². The second-order valence-corrected chi connectivity index (χ2v) is 11.1. The standard InChI is InChI=1S/C33H33N3O5/c1-20-5-3-8-28(25(20)18-30(37)38)41-29-19-33(12-15-36(16-13-33)32(39)40-2)27-10-9-21(17-26(27)29)22-6-4-7-24-23(22)11-14-35-31(24)34/h3-11,14,17,29H,12-13,15-16,18-19H2,1-2H3,(H2,34,35)(H,37,38). The van der Waals surface area contributed by atoms with Gasteiger partial charge in [0.15, 0.2) is 0 Å². The molecular formula is C33H33N3O5. The van der Waals surface area contributed by atoms with Gasteiger partial charge in [-0.05, 0) is 77.6 Å². The van der Waals surface area contributed by atoms with Crippen molar-refractivity contribution in [2.75, 3.05) is 25.9 Å². The molecule has 0 bridgehead atoms. The predicted octanol–water partition coefficient (Wildman–Crippen LogP) is 6.04. The third kappa shape index (κ3) is 4.73. The molecule has 1 atom stereocenters. The number of nitrogens with two attached hydrogens (primary N) is 1. The number of methoxy groups -OCH3 is 1. The third-order valence-corrected chi connectivity index (χ3v) is 8.81. The maximum absolute atomic E-state index is 12.2. The number of hydrogen-bond acceptors (Lipinski definition) is 6. The molecule has 41 heavy (non-hydrogen) atoms. The van der Waals surface area contributed by atoms with Gasteiger partial charge in [0, 0.05) is 35.7 Å². The Hall–Kier alpha value is -4.59. The number of aliphatic carboxylic acids is 1. The SMILES string of the molecule is COC(=O)N1CCC2(CC1)CC(Oc1cccc(C)c1CC(=O)O)c1cc(-c3cccc4c(N)nccc34)ccc12. The average molecular weight is 552 g/mol. The molecular weight excluding hydrogens is 518 g/mol. The van der Waals surface area contributed by atoms with Gasteiger partial charge in [-0.3, -0.25) is 4.79 Å². The maximum atomic E-state index is 12.2. The summed E-state index contributed by atoms with van der Waals surface area (Å²) >= 11 is 0. The van der Waals surface area contributed by atoms with E-state index in [1.54, 1.807) is 11.1 Å². The number of carboxylic acids is 1. The Bertz CT molecular complexity index is 1660. The zero-order valence-electron chi connectivity index (χ0n) is 23.2. The fourth-order valence-corrected chi connectivity index (χ4v) is 6.68. The first-order chi connectivity index (χ1) is 19.8. The Morgan fingerprint density at radius 2 is 1.85 bits per heavy atom. The molecule has 3 aromatic carbocycles. The summed E-state index contributed by atoms with van der Waals surface area (Å²) in [6.07, 6.45) is 3.38. The molecule has 2 aliphatic rings. The van der Waals surface area contributed by atoms with Gasteiger partial charge in [-0.1, -0.05) is 42.5 Å². The van der Waals surface area contributed by atoms with Gasteiger partial charge in [0.1, 0.15) is 17.7 Å². The summed E-state index contributed by atoms with van der Waals surface area (Å²) in [6.45, 7) is 3.12. The van der Waals surface area contributed by atoms with Crippen LogP contribution in [0.3, 0.4) is 0 Å². The third-order valence-electron chi connectivity index (χ3n) is 8.81. The maximum Gasteiger partial charge on any atom is 0.409 e. The Morgan fingerprint density at radius 1 is 1.07 bits per heavy atom. The van der Waals surface area contributed by atoms with E-state index in [0.29, 0.717) is 30.2 Å². The van der Waals surface area contributed by atoms with E-state index < -0.39 is 5.97 Å². The van der Waals surface area contributed by atoms with Crippen LogP contribution in [0.4, 0.5) is 10.6 Å². The zero-order valence-corrected chi connectivity index (χ0v) is 23.2. The number of anilines is 1. The minimum Gasteiger partial charge on any atom is -0.485 e. The molecule has 1 saturated heterocycles. The summed E-state index contributed by atoms with van der Waals surface area (Å²) in [6, 6.07) is 20.3. The largest absolute Gasteiger partial charge is 0.485 e. The van der Waals surface area contributed by atoms with Crippen molar-refractivity contribution in [1.82, 2.24) is 9.88 Å². The van der Waals surface area contributed by atoms with Gasteiger partial charge in [-0.25, -0.2) is 9.78 Å². The van der Waals surface area contributed by atoms with Crippen molar-refractivity contribution in [2.45, 2.75) is 44.1 Å². The van der Waals surface area contributed by atoms with Crippen LogP contribution in [-0.2, 0) is 21.4 Å². The molecule has 3 N–H and O–H groups in total. The van der Waals surface area contributed by atoms with E-state index >= 15 is 0 Å². The minimum absolute atomic E-state index is 0.105. The van der Waals surface area contributed by atoms with Crippen LogP contribution in [0.5, 0.6) is 5.75 Å². The highest BCUT2D eigenvalue weighted by atomic mass is 16.5. The van der Waals surface area contributed by atoms with E-state index in [1.165, 1.54) is 12.7 Å². The molecule has 0 saturated carbocycles. The first kappa shape index (κ1) is 26.6. The number of aryl methyl sites for hydroxylation is 1. The molecule has 1 aliphatic heterocycles. The van der Waals surface area contributed by atoms with Crippen molar-refractivity contribution in [3.8, 4) is 16.9 Å². The highest BCUT2D eigenvalue weighted by molar-refractivity contribution is 6.01. The van der Waals surface area contributed by atoms with Gasteiger partial charge < -0.3 is 25.2 Å². The molecule has 8 nitrogen and oxygen atoms in total. The van der Waals surface area contributed by atoms with Crippen LogP contribution < -0.4 is 10.5 Å². The van der Waals surface area contributed by atoms with Gasteiger partial charge in [-0.2, -0.15) is 0 Å². The van der Waals surface area contributed by atoms with E-state index in [1.807, 2.05) is 43.3 Å². The predicted molar refractivity (Wildman–Crippen MR) is 157 cm³/mol. The number of piperidine rings is 1. The van der Waals surface area contributed by atoms with Crippen molar-refractivity contribution in [1.29, 1.82) is 0 Å². The zero-order chi connectivity index (χ0) is 28.7. The van der Waals surface area contributed by atoms with Crippen LogP contribution in [-0.4, -0.2) is 47.3 Å². The monoisotopic (exact) mass is 551 g/mol. The number of carbonyl (C=O) groups excluding carboxylic acids is 1. The van der Waals surface area contributed by atoms with Gasteiger partial charge in [-0.15, -0.1) is 0 Å². The average Bonchev–Trinajstić information content (AvgIpc) is 3.26. The quantitative estimate of drug-likeness (QED) is 0.311. The summed E-state index contributed by atoms with van der Waals surface area (Å²) in [5.41, 5.74) is 12.0. The lowest BCUT2D eigenvalue weighted by atomic mass is 9.73. The smallest absolute Gasteiger partial charge is 0.409 e. The number of benzene rings is 3. The van der Waals surface area contributed by atoms with E-state index in [9.17, 15) is 14.7 Å². The number of hydrogen-bond donors (Lipinski definition) is 2. The number of ether oxygens (including phenoxy) is 2. The normalized spacial score (nSPS) is 17.4. The molecule has 1 unspecified atom stereocenters. The lowest BCUT2D eigenvalue weighted by Crippen LogP contribution is -2.44. The second kappa shape index (κ2) is 10.4. The molecule has 6 rings (SSSR count). The summed E-state index contributed by atoms with van der Waals surface area (Å²) in [5.74, 6) is 0.199. The molecule has 4 aromatic rings. The lowest BCUT2D eigenvalue weighted by molar-refractivity contribution is -0.136. The van der Waals surface area contributed by atoms with Crippen molar-refractivity contribution < 1.29 is 24.2 Å². The number of likely N-dealkylation sites (tertiary alicyclic amines) is 1. The van der Waals surface area contributed by atoms with Crippen LogP contribution in [0, 0.1) is 6.92 Å². The molecule has 8 heteroatoms. The number of rotatable bonds is 5. The van der Waals surface area contributed by atoms with Crippen LogP contribution >= 0.6 is 0 Å². The van der Waals surface area contributed by atoms with E-state index in [4.69, 9.17) is 15.2 Å². The Balaban J connectivity index is 1.44.